The van der Waals surface area contributed by atoms with Gasteiger partial charge in [0.25, 0.3) is 0 Å². The number of aliphatic carboxylic acids is 1. The van der Waals surface area contributed by atoms with Crippen molar-refractivity contribution in [2.75, 3.05) is 19.7 Å². The van der Waals surface area contributed by atoms with Gasteiger partial charge in [-0.1, -0.05) is 0 Å². The molecular formula is C14H22N2O4. The van der Waals surface area contributed by atoms with Gasteiger partial charge in [-0.15, -0.1) is 0 Å². The molecule has 3 N–H and O–H groups in total. The van der Waals surface area contributed by atoms with Gasteiger partial charge in [0.1, 0.15) is 6.61 Å². The van der Waals surface area contributed by atoms with Crippen molar-refractivity contribution in [2.45, 2.75) is 37.8 Å². The highest BCUT2D eigenvalue weighted by Gasteiger charge is 2.51. The molecular weight excluding hydrogens is 260 g/mol. The first-order valence-corrected chi connectivity index (χ1v) is 7.35. The quantitative estimate of drug-likeness (QED) is 0.659. The molecule has 20 heavy (non-hydrogen) atoms. The van der Waals surface area contributed by atoms with Crippen LogP contribution in [0.3, 0.4) is 0 Å². The number of carbonyl (C=O) groups is 2. The molecule has 2 saturated carbocycles. The molecule has 0 aromatic heterocycles. The summed E-state index contributed by atoms with van der Waals surface area (Å²) in [5.41, 5.74) is -0.252. The highest BCUT2D eigenvalue weighted by molar-refractivity contribution is 5.79. The van der Waals surface area contributed by atoms with Gasteiger partial charge in [0.05, 0.1) is 11.5 Å². The van der Waals surface area contributed by atoms with Crippen LogP contribution >= 0.6 is 0 Å². The van der Waals surface area contributed by atoms with Crippen LogP contribution in [-0.2, 0) is 14.3 Å². The molecule has 1 saturated heterocycles. The lowest BCUT2D eigenvalue weighted by Gasteiger charge is -2.39. The predicted octanol–water partition coefficient (Wildman–Crippen LogP) is -0.0196. The summed E-state index contributed by atoms with van der Waals surface area (Å²) in [6.07, 6.45) is 2.94. The van der Waals surface area contributed by atoms with Crippen molar-refractivity contribution >= 4 is 11.9 Å². The van der Waals surface area contributed by atoms with Crippen molar-refractivity contribution in [3.8, 4) is 0 Å². The number of carboxylic acid groups (broad SMARTS) is 1. The van der Waals surface area contributed by atoms with Gasteiger partial charge >= 0.3 is 5.97 Å². The Morgan fingerprint density at radius 2 is 2.05 bits per heavy atom. The molecule has 3 fully saturated rings. The van der Waals surface area contributed by atoms with E-state index in [4.69, 9.17) is 4.74 Å². The Balaban J connectivity index is 1.53. The van der Waals surface area contributed by atoms with Gasteiger partial charge in [-0.25, -0.2) is 0 Å². The first-order chi connectivity index (χ1) is 9.48. The predicted molar refractivity (Wildman–Crippen MR) is 71.1 cm³/mol. The fraction of sp³-hybridized carbons (Fsp3) is 0.857. The first kappa shape index (κ1) is 13.8. The zero-order valence-electron chi connectivity index (χ0n) is 11.7. The van der Waals surface area contributed by atoms with E-state index in [0.29, 0.717) is 5.92 Å². The van der Waals surface area contributed by atoms with Crippen LogP contribution in [0.1, 0.15) is 26.2 Å². The van der Waals surface area contributed by atoms with E-state index in [1.165, 1.54) is 0 Å². The molecule has 4 unspecified atom stereocenters. The second-order valence-corrected chi connectivity index (χ2v) is 6.63. The maximum Gasteiger partial charge on any atom is 0.308 e. The molecule has 1 aliphatic heterocycles. The van der Waals surface area contributed by atoms with Crippen LogP contribution in [0.5, 0.6) is 0 Å². The fourth-order valence-electron chi connectivity index (χ4n) is 3.90. The first-order valence-electron chi connectivity index (χ1n) is 7.35. The fourth-order valence-corrected chi connectivity index (χ4v) is 3.90. The molecule has 0 radical (unpaired) electrons. The summed E-state index contributed by atoms with van der Waals surface area (Å²) in [7, 11) is 0. The van der Waals surface area contributed by atoms with Crippen molar-refractivity contribution in [1.82, 2.24) is 10.6 Å². The lowest BCUT2D eigenvalue weighted by Crippen LogP contribution is -2.60. The molecule has 3 aliphatic rings. The second-order valence-electron chi connectivity index (χ2n) is 6.63. The number of rotatable bonds is 5. The highest BCUT2D eigenvalue weighted by Crippen LogP contribution is 2.48. The Bertz CT molecular complexity index is 421. The summed E-state index contributed by atoms with van der Waals surface area (Å²) in [6.45, 7) is 3.49. The molecule has 2 aliphatic carbocycles. The van der Waals surface area contributed by atoms with Crippen LogP contribution in [0.25, 0.3) is 0 Å². The smallest absolute Gasteiger partial charge is 0.308 e. The Hall–Kier alpha value is -1.14. The van der Waals surface area contributed by atoms with E-state index in [1.54, 1.807) is 0 Å². The van der Waals surface area contributed by atoms with E-state index in [9.17, 15) is 14.7 Å². The molecule has 112 valence electrons. The van der Waals surface area contributed by atoms with Crippen molar-refractivity contribution in [3.05, 3.63) is 0 Å². The number of hydrogen-bond donors (Lipinski definition) is 3. The van der Waals surface area contributed by atoms with Gasteiger partial charge in [0.2, 0.25) is 5.91 Å². The van der Waals surface area contributed by atoms with Crippen molar-refractivity contribution < 1.29 is 19.4 Å². The maximum absolute atomic E-state index is 12.0. The van der Waals surface area contributed by atoms with Crippen LogP contribution < -0.4 is 10.6 Å². The zero-order chi connectivity index (χ0) is 14.3. The minimum absolute atomic E-state index is 0.0123. The molecule has 6 heteroatoms. The minimum Gasteiger partial charge on any atom is -0.481 e. The number of fused-ring (bicyclic) bond motifs is 2. The SMILES string of the molecule is CC1(OCC(=O)NC2C3CCC(C3)C2C(=O)O)CNC1. The van der Waals surface area contributed by atoms with Crippen molar-refractivity contribution in [1.29, 1.82) is 0 Å². The number of ether oxygens (including phenoxy) is 1. The highest BCUT2D eigenvalue weighted by atomic mass is 16.5. The summed E-state index contributed by atoms with van der Waals surface area (Å²) in [6, 6.07) is -0.213. The maximum atomic E-state index is 12.0. The summed E-state index contributed by atoms with van der Waals surface area (Å²) in [5, 5.41) is 15.3. The van der Waals surface area contributed by atoms with Crippen LogP contribution in [-0.4, -0.2) is 48.3 Å². The van der Waals surface area contributed by atoms with Gasteiger partial charge in [0.15, 0.2) is 0 Å². The third kappa shape index (κ3) is 2.42. The molecule has 0 aromatic carbocycles. The van der Waals surface area contributed by atoms with Crippen LogP contribution in [0.4, 0.5) is 0 Å². The van der Waals surface area contributed by atoms with Crippen molar-refractivity contribution in [3.63, 3.8) is 0 Å². The number of carbonyl (C=O) groups excluding carboxylic acids is 1. The molecule has 6 nitrogen and oxygen atoms in total. The zero-order valence-corrected chi connectivity index (χ0v) is 11.7. The molecule has 0 spiro atoms. The minimum atomic E-state index is -0.779. The Morgan fingerprint density at radius 3 is 2.65 bits per heavy atom. The number of carboxylic acids is 1. The molecule has 4 atom stereocenters. The molecule has 2 bridgehead atoms. The summed E-state index contributed by atoms with van der Waals surface area (Å²) in [5.74, 6) is -0.831. The van der Waals surface area contributed by atoms with E-state index < -0.39 is 11.9 Å². The summed E-state index contributed by atoms with van der Waals surface area (Å²) in [4.78, 5) is 23.3. The van der Waals surface area contributed by atoms with Gasteiger partial charge < -0.3 is 20.5 Å². The topological polar surface area (TPSA) is 87.7 Å². The van der Waals surface area contributed by atoms with Gasteiger partial charge in [-0.05, 0) is 38.0 Å². The monoisotopic (exact) mass is 282 g/mol. The largest absolute Gasteiger partial charge is 0.481 e. The van der Waals surface area contributed by atoms with E-state index in [0.717, 1.165) is 32.4 Å². The Kier molecular flexibility index (Phi) is 3.46. The third-order valence-electron chi connectivity index (χ3n) is 5.08. The van der Waals surface area contributed by atoms with E-state index >= 15 is 0 Å². The van der Waals surface area contributed by atoms with E-state index in [1.807, 2.05) is 6.92 Å². The normalized spacial score (nSPS) is 37.5. The van der Waals surface area contributed by atoms with Crippen LogP contribution in [0.15, 0.2) is 0 Å². The molecule has 1 amide bonds. The summed E-state index contributed by atoms with van der Waals surface area (Å²) >= 11 is 0. The lowest BCUT2D eigenvalue weighted by molar-refractivity contribution is -0.145. The number of hydrogen-bond acceptors (Lipinski definition) is 4. The van der Waals surface area contributed by atoms with Crippen LogP contribution in [0.2, 0.25) is 0 Å². The van der Waals surface area contributed by atoms with Crippen LogP contribution in [0, 0.1) is 17.8 Å². The third-order valence-corrected chi connectivity index (χ3v) is 5.08. The molecule has 1 heterocycles. The Morgan fingerprint density at radius 1 is 1.35 bits per heavy atom. The number of amides is 1. The average molecular weight is 282 g/mol. The van der Waals surface area contributed by atoms with E-state index in [2.05, 4.69) is 10.6 Å². The average Bonchev–Trinajstić information content (AvgIpc) is 2.94. The van der Waals surface area contributed by atoms with Crippen molar-refractivity contribution in [2.24, 2.45) is 17.8 Å². The molecule has 3 rings (SSSR count). The number of nitrogens with one attached hydrogen (secondary N) is 2. The second kappa shape index (κ2) is 5.00. The molecule has 0 aromatic rings. The standard InChI is InChI=1S/C14H22N2O4/c1-14(6-15-7-14)20-5-10(17)16-12-9-3-2-8(4-9)11(12)13(18)19/h8-9,11-12,15H,2-7H2,1H3,(H,16,17)(H,18,19). The lowest BCUT2D eigenvalue weighted by atomic mass is 9.84. The summed E-state index contributed by atoms with van der Waals surface area (Å²) < 4.78 is 5.59. The van der Waals surface area contributed by atoms with Gasteiger partial charge in [-0.2, -0.15) is 0 Å². The Labute approximate surface area is 118 Å². The van der Waals surface area contributed by atoms with Gasteiger partial charge in [0, 0.05) is 19.1 Å². The van der Waals surface area contributed by atoms with E-state index in [-0.39, 0.29) is 30.1 Å². The van der Waals surface area contributed by atoms with Gasteiger partial charge in [-0.3, -0.25) is 9.59 Å².